The van der Waals surface area contributed by atoms with Gasteiger partial charge in [0.15, 0.2) is 11.6 Å². The predicted molar refractivity (Wildman–Crippen MR) is 67.2 cm³/mol. The molecule has 2 aromatic carbocycles. The Bertz CT molecular complexity index is 747. The molecule has 0 heterocycles. The summed E-state index contributed by atoms with van der Waals surface area (Å²) in [5.74, 6) is -1.62. The van der Waals surface area contributed by atoms with Crippen molar-refractivity contribution >= 4 is 17.5 Å². The summed E-state index contributed by atoms with van der Waals surface area (Å²) in [7, 11) is 0. The van der Waals surface area contributed by atoms with E-state index in [1.54, 1.807) is 24.3 Å². The summed E-state index contributed by atoms with van der Waals surface area (Å²) in [6.07, 6.45) is 0. The summed E-state index contributed by atoms with van der Waals surface area (Å²) in [5, 5.41) is 0. The maximum absolute atomic E-state index is 12.4. The van der Waals surface area contributed by atoms with Gasteiger partial charge in [-0.25, -0.2) is 0 Å². The van der Waals surface area contributed by atoms with Gasteiger partial charge in [-0.3, -0.25) is 20.1 Å². The number of hydrogen-bond acceptors (Lipinski definition) is 3. The molecule has 0 unspecified atom stereocenters. The maximum atomic E-state index is 12.4. The van der Waals surface area contributed by atoms with Gasteiger partial charge in [0.2, 0.25) is 0 Å². The molecule has 1 radical (unpaired) electrons. The fraction of sp³-hybridized carbons (Fsp3) is 0. The van der Waals surface area contributed by atoms with Gasteiger partial charge in [0.05, 0.1) is 5.56 Å². The van der Waals surface area contributed by atoms with Crippen LogP contribution in [0.4, 0.5) is 0 Å². The van der Waals surface area contributed by atoms with Crippen molar-refractivity contribution in [3.8, 4) is 0 Å². The molecule has 0 atom stereocenters. The van der Waals surface area contributed by atoms with Gasteiger partial charge in [-0.15, -0.1) is 0 Å². The van der Waals surface area contributed by atoms with Gasteiger partial charge < -0.3 is 0 Å². The molecule has 4 heteroatoms. The van der Waals surface area contributed by atoms with Crippen molar-refractivity contribution in [2.24, 2.45) is 0 Å². The van der Waals surface area contributed by atoms with Crippen molar-refractivity contribution < 1.29 is 14.4 Å². The molecule has 0 saturated carbocycles. The van der Waals surface area contributed by atoms with Crippen molar-refractivity contribution in [3.05, 3.63) is 70.3 Å². The van der Waals surface area contributed by atoms with Gasteiger partial charge in [0.25, 0.3) is 5.91 Å². The van der Waals surface area contributed by atoms with E-state index in [-0.39, 0.29) is 33.8 Å². The fourth-order valence-corrected chi connectivity index (χ4v) is 2.33. The second-order valence-corrected chi connectivity index (χ2v) is 4.26. The van der Waals surface area contributed by atoms with Crippen LogP contribution in [0.25, 0.3) is 0 Å². The predicted octanol–water partition coefficient (Wildman–Crippen LogP) is 1.89. The summed E-state index contributed by atoms with van der Waals surface area (Å²) in [4.78, 5) is 36.0. The van der Waals surface area contributed by atoms with Crippen molar-refractivity contribution in [1.29, 1.82) is 0 Å². The minimum atomic E-state index is -0.961. The molecular formula is C15H8NO3. The standard InChI is InChI=1S/C15H8NO3/c16-15(19)11-7-3-6-10-12(11)14(18)9-5-2-1-4-8(9)13(10)17/h1-7,16H. The molecule has 0 spiro atoms. The highest BCUT2D eigenvalue weighted by atomic mass is 16.1. The Labute approximate surface area is 108 Å². The Kier molecular flexibility index (Phi) is 2.32. The third-order valence-electron chi connectivity index (χ3n) is 3.20. The van der Waals surface area contributed by atoms with E-state index in [0.29, 0.717) is 5.56 Å². The highest BCUT2D eigenvalue weighted by Gasteiger charge is 2.32. The second kappa shape index (κ2) is 3.88. The number of carbonyl (C=O) groups is 3. The van der Waals surface area contributed by atoms with Gasteiger partial charge in [0, 0.05) is 22.3 Å². The second-order valence-electron chi connectivity index (χ2n) is 4.26. The number of ketones is 2. The summed E-state index contributed by atoms with van der Waals surface area (Å²) in [6.45, 7) is 0. The number of amides is 1. The number of nitrogens with one attached hydrogen (secondary N) is 1. The normalized spacial score (nSPS) is 12.8. The van der Waals surface area contributed by atoms with E-state index in [9.17, 15) is 14.4 Å². The maximum Gasteiger partial charge on any atom is 0.270 e. The Morgan fingerprint density at radius 1 is 0.789 bits per heavy atom. The Balaban J connectivity index is 2.36. The molecule has 4 nitrogen and oxygen atoms in total. The lowest BCUT2D eigenvalue weighted by molar-refractivity contribution is 0.0960. The molecule has 2 aromatic rings. The third kappa shape index (κ3) is 1.50. The molecule has 0 bridgehead atoms. The van der Waals surface area contributed by atoms with E-state index in [0.717, 1.165) is 0 Å². The highest BCUT2D eigenvalue weighted by Crippen LogP contribution is 2.29. The number of hydrogen-bond donors (Lipinski definition) is 0. The van der Waals surface area contributed by atoms with Gasteiger partial charge in [-0.2, -0.15) is 0 Å². The molecule has 1 aliphatic rings. The number of fused-ring (bicyclic) bond motifs is 2. The SMILES string of the molecule is [NH]C(=O)c1cccc2c1C(=O)c1ccccc1C2=O. The zero-order valence-electron chi connectivity index (χ0n) is 9.77. The lowest BCUT2D eigenvalue weighted by atomic mass is 9.82. The van der Waals surface area contributed by atoms with E-state index in [4.69, 9.17) is 5.73 Å². The molecule has 19 heavy (non-hydrogen) atoms. The molecular weight excluding hydrogens is 242 g/mol. The van der Waals surface area contributed by atoms with Crippen molar-refractivity contribution in [1.82, 2.24) is 5.73 Å². The first-order valence-corrected chi connectivity index (χ1v) is 5.68. The topological polar surface area (TPSA) is 75.0 Å². The summed E-state index contributed by atoms with van der Waals surface area (Å²) in [6, 6.07) is 10.9. The number of rotatable bonds is 1. The molecule has 91 valence electrons. The first-order valence-electron chi connectivity index (χ1n) is 5.68. The average Bonchev–Trinajstić information content (AvgIpc) is 2.44. The van der Waals surface area contributed by atoms with Crippen LogP contribution in [0.3, 0.4) is 0 Å². The van der Waals surface area contributed by atoms with Crippen molar-refractivity contribution in [2.45, 2.75) is 0 Å². The van der Waals surface area contributed by atoms with Crippen LogP contribution >= 0.6 is 0 Å². The minimum absolute atomic E-state index is 0.0228. The molecule has 1 N–H and O–H groups in total. The fourth-order valence-electron chi connectivity index (χ4n) is 2.33. The van der Waals surface area contributed by atoms with Gasteiger partial charge >= 0.3 is 0 Å². The third-order valence-corrected chi connectivity index (χ3v) is 3.20. The summed E-state index contributed by atoms with van der Waals surface area (Å²) in [5.41, 5.74) is 8.04. The smallest absolute Gasteiger partial charge is 0.270 e. The van der Waals surface area contributed by atoms with E-state index in [1.807, 2.05) is 0 Å². The van der Waals surface area contributed by atoms with E-state index in [1.165, 1.54) is 18.2 Å². The van der Waals surface area contributed by atoms with Crippen LogP contribution in [-0.2, 0) is 0 Å². The molecule has 0 aliphatic heterocycles. The molecule has 3 rings (SSSR count). The molecule has 0 saturated heterocycles. The lowest BCUT2D eigenvalue weighted by Gasteiger charge is -2.18. The van der Waals surface area contributed by atoms with Crippen LogP contribution in [0.2, 0.25) is 0 Å². The van der Waals surface area contributed by atoms with Crippen LogP contribution < -0.4 is 5.73 Å². The van der Waals surface area contributed by atoms with Crippen molar-refractivity contribution in [3.63, 3.8) is 0 Å². The van der Waals surface area contributed by atoms with Crippen LogP contribution in [0.5, 0.6) is 0 Å². The molecule has 0 aromatic heterocycles. The highest BCUT2D eigenvalue weighted by molar-refractivity contribution is 6.30. The Morgan fingerprint density at radius 3 is 2.00 bits per heavy atom. The molecule has 1 aliphatic carbocycles. The van der Waals surface area contributed by atoms with E-state index >= 15 is 0 Å². The summed E-state index contributed by atoms with van der Waals surface area (Å²) < 4.78 is 0. The van der Waals surface area contributed by atoms with Crippen LogP contribution in [-0.4, -0.2) is 17.5 Å². The first kappa shape index (κ1) is 11.3. The zero-order chi connectivity index (χ0) is 13.6. The van der Waals surface area contributed by atoms with Crippen LogP contribution in [0.15, 0.2) is 42.5 Å². The van der Waals surface area contributed by atoms with Crippen molar-refractivity contribution in [2.75, 3.05) is 0 Å². The van der Waals surface area contributed by atoms with Crippen LogP contribution in [0, 0.1) is 0 Å². The van der Waals surface area contributed by atoms with E-state index in [2.05, 4.69) is 0 Å². The lowest BCUT2D eigenvalue weighted by Crippen LogP contribution is -2.23. The molecule has 1 amide bonds. The Morgan fingerprint density at radius 2 is 1.37 bits per heavy atom. The van der Waals surface area contributed by atoms with Gasteiger partial charge in [-0.05, 0) is 6.07 Å². The first-order chi connectivity index (χ1) is 9.11. The number of benzene rings is 2. The quantitative estimate of drug-likeness (QED) is 0.661. The largest absolute Gasteiger partial charge is 0.289 e. The monoisotopic (exact) mass is 250 g/mol. The summed E-state index contributed by atoms with van der Waals surface area (Å²) >= 11 is 0. The minimum Gasteiger partial charge on any atom is -0.289 e. The van der Waals surface area contributed by atoms with Gasteiger partial charge in [0.1, 0.15) is 0 Å². The van der Waals surface area contributed by atoms with E-state index < -0.39 is 5.91 Å². The number of carbonyl (C=O) groups excluding carboxylic acids is 3. The van der Waals surface area contributed by atoms with Crippen LogP contribution in [0.1, 0.15) is 42.2 Å². The van der Waals surface area contributed by atoms with Gasteiger partial charge in [-0.1, -0.05) is 36.4 Å². The zero-order valence-corrected chi connectivity index (χ0v) is 9.77. The Hall–Kier alpha value is -2.75. The average molecular weight is 250 g/mol. The molecule has 0 fully saturated rings.